The van der Waals surface area contributed by atoms with Gasteiger partial charge in [0.1, 0.15) is 5.75 Å². The summed E-state index contributed by atoms with van der Waals surface area (Å²) in [4.78, 5) is 0. The summed E-state index contributed by atoms with van der Waals surface area (Å²) in [5.74, 6) is 0.368. The predicted molar refractivity (Wildman–Crippen MR) is 139 cm³/mol. The number of benzene rings is 3. The van der Waals surface area contributed by atoms with Gasteiger partial charge in [-0.1, -0.05) is 98.4 Å². The highest BCUT2D eigenvalue weighted by Crippen LogP contribution is 2.14. The average molecular weight is 437 g/mol. The normalized spacial score (nSPS) is 10.8. The number of para-hydroxylation sites is 1. The number of hydrogen-bond donors (Lipinski definition) is 4. The molecule has 0 aliphatic carbocycles. The molecule has 4 N–H and O–H groups in total. The molecule has 1 unspecified atom stereocenters. The SMILES string of the molecule is C.CNCC=Cc1ccccc1.CNCCC(O)c1ccccc1.Cc1ccccc1O. The minimum Gasteiger partial charge on any atom is -0.508 e. The first-order valence-corrected chi connectivity index (χ1v) is 10.6. The molecule has 0 aliphatic rings. The predicted octanol–water partition coefficient (Wildman–Crippen LogP) is 5.59. The summed E-state index contributed by atoms with van der Waals surface area (Å²) in [6, 6.07) is 27.3. The molecule has 3 rings (SSSR count). The minimum atomic E-state index is -0.335. The van der Waals surface area contributed by atoms with Crippen LogP contribution in [0.5, 0.6) is 5.75 Å². The van der Waals surface area contributed by atoms with E-state index in [4.69, 9.17) is 5.11 Å². The van der Waals surface area contributed by atoms with Crippen molar-refractivity contribution >= 4 is 6.08 Å². The second-order valence-corrected chi connectivity index (χ2v) is 6.98. The fraction of sp³-hybridized carbons (Fsp3) is 0.286. The van der Waals surface area contributed by atoms with Gasteiger partial charge in [-0.15, -0.1) is 0 Å². The number of nitrogens with one attached hydrogen (secondary N) is 2. The van der Waals surface area contributed by atoms with Crippen molar-refractivity contribution in [3.8, 4) is 5.75 Å². The fourth-order valence-corrected chi connectivity index (χ4v) is 2.56. The van der Waals surface area contributed by atoms with Gasteiger partial charge in [-0.2, -0.15) is 0 Å². The lowest BCUT2D eigenvalue weighted by atomic mass is 10.1. The van der Waals surface area contributed by atoms with Crippen molar-refractivity contribution in [2.75, 3.05) is 27.2 Å². The number of aryl methyl sites for hydroxylation is 1. The Kier molecular flexibility index (Phi) is 17.1. The highest BCUT2D eigenvalue weighted by atomic mass is 16.3. The Hall–Kier alpha value is -2.92. The number of aromatic hydroxyl groups is 1. The molecule has 0 radical (unpaired) electrons. The molecule has 0 aromatic heterocycles. The first kappa shape index (κ1) is 29.1. The molecule has 0 saturated heterocycles. The van der Waals surface area contributed by atoms with Crippen LogP contribution in [0.1, 0.15) is 36.6 Å². The van der Waals surface area contributed by atoms with Crippen LogP contribution in [0.2, 0.25) is 0 Å². The van der Waals surface area contributed by atoms with Crippen LogP contribution >= 0.6 is 0 Å². The summed E-state index contributed by atoms with van der Waals surface area (Å²) >= 11 is 0. The van der Waals surface area contributed by atoms with E-state index in [1.54, 1.807) is 6.07 Å². The Morgan fingerprint density at radius 3 is 1.88 bits per heavy atom. The zero-order chi connectivity index (χ0) is 22.7. The van der Waals surface area contributed by atoms with Crippen LogP contribution in [0.3, 0.4) is 0 Å². The lowest BCUT2D eigenvalue weighted by Gasteiger charge is -2.09. The van der Waals surface area contributed by atoms with E-state index in [1.165, 1.54) is 5.56 Å². The highest BCUT2D eigenvalue weighted by Gasteiger charge is 2.04. The number of rotatable bonds is 7. The molecular weight excluding hydrogens is 396 g/mol. The third kappa shape index (κ3) is 13.4. The van der Waals surface area contributed by atoms with E-state index in [0.29, 0.717) is 5.75 Å². The van der Waals surface area contributed by atoms with E-state index in [9.17, 15) is 5.11 Å². The fourth-order valence-electron chi connectivity index (χ4n) is 2.56. The largest absolute Gasteiger partial charge is 0.508 e. The molecule has 4 nitrogen and oxygen atoms in total. The van der Waals surface area contributed by atoms with Crippen molar-refractivity contribution < 1.29 is 10.2 Å². The van der Waals surface area contributed by atoms with Crippen LogP contribution in [-0.4, -0.2) is 37.4 Å². The number of phenols is 1. The summed E-state index contributed by atoms with van der Waals surface area (Å²) < 4.78 is 0. The van der Waals surface area contributed by atoms with Crippen molar-refractivity contribution in [1.82, 2.24) is 10.6 Å². The molecule has 174 valence electrons. The zero-order valence-corrected chi connectivity index (χ0v) is 18.8. The van der Waals surface area contributed by atoms with Crippen molar-refractivity contribution in [3.63, 3.8) is 0 Å². The van der Waals surface area contributed by atoms with Crippen LogP contribution in [0.4, 0.5) is 0 Å². The Bertz CT molecular complexity index is 815. The van der Waals surface area contributed by atoms with Crippen LogP contribution in [0, 0.1) is 6.92 Å². The summed E-state index contributed by atoms with van der Waals surface area (Å²) in [7, 11) is 3.83. The summed E-state index contributed by atoms with van der Waals surface area (Å²) in [5.41, 5.74) is 3.17. The molecule has 3 aromatic rings. The zero-order valence-electron chi connectivity index (χ0n) is 18.8. The maximum Gasteiger partial charge on any atom is 0.118 e. The van der Waals surface area contributed by atoms with Crippen molar-refractivity contribution in [2.45, 2.75) is 26.9 Å². The molecule has 1 atom stereocenters. The molecule has 0 heterocycles. The van der Waals surface area contributed by atoms with E-state index in [-0.39, 0.29) is 13.5 Å². The van der Waals surface area contributed by atoms with Crippen molar-refractivity contribution in [3.05, 3.63) is 108 Å². The minimum absolute atomic E-state index is 0. The second-order valence-electron chi connectivity index (χ2n) is 6.98. The number of aliphatic hydroxyl groups excluding tert-OH is 1. The van der Waals surface area contributed by atoms with E-state index >= 15 is 0 Å². The van der Waals surface area contributed by atoms with Crippen LogP contribution in [-0.2, 0) is 0 Å². The Morgan fingerprint density at radius 2 is 1.38 bits per heavy atom. The number of aliphatic hydroxyl groups is 1. The molecule has 0 fully saturated rings. The molecule has 0 spiro atoms. The van der Waals surface area contributed by atoms with Crippen LogP contribution < -0.4 is 10.6 Å². The molecule has 32 heavy (non-hydrogen) atoms. The molecule has 0 aliphatic heterocycles. The van der Waals surface area contributed by atoms with Gasteiger partial charge in [-0.25, -0.2) is 0 Å². The van der Waals surface area contributed by atoms with E-state index < -0.39 is 0 Å². The molecular formula is C28H40N2O2. The number of likely N-dealkylation sites (N-methyl/N-ethyl adjacent to an activating group) is 1. The van der Waals surface area contributed by atoms with Crippen LogP contribution in [0.15, 0.2) is 91.0 Å². The van der Waals surface area contributed by atoms with Gasteiger partial charge in [0, 0.05) is 6.54 Å². The van der Waals surface area contributed by atoms with Gasteiger partial charge in [0.05, 0.1) is 6.10 Å². The third-order valence-corrected chi connectivity index (χ3v) is 4.40. The molecule has 0 amide bonds. The lowest BCUT2D eigenvalue weighted by molar-refractivity contribution is 0.168. The average Bonchev–Trinajstić information content (AvgIpc) is 2.82. The van der Waals surface area contributed by atoms with Gasteiger partial charge in [0.15, 0.2) is 0 Å². The van der Waals surface area contributed by atoms with E-state index in [2.05, 4.69) is 34.9 Å². The standard InChI is InChI=1S/C10H15NO.C10H13N.C7H8O.CH4/c1-11-8-7-10(12)9-5-3-2-4-6-9;1-11-9-5-8-10-6-3-2-4-7-10;1-6-4-2-3-5-7(6)8;/h2-6,10-12H,7-8H2,1H3;2-8,11H,9H2,1H3;2-5,8H,1H3;1H4. The lowest BCUT2D eigenvalue weighted by Crippen LogP contribution is -2.11. The Morgan fingerprint density at radius 1 is 0.812 bits per heavy atom. The third-order valence-electron chi connectivity index (χ3n) is 4.40. The summed E-state index contributed by atoms with van der Waals surface area (Å²) in [6.07, 6.45) is 4.64. The molecule has 0 saturated carbocycles. The highest BCUT2D eigenvalue weighted by molar-refractivity contribution is 5.48. The topological polar surface area (TPSA) is 64.5 Å². The van der Waals surface area contributed by atoms with Crippen molar-refractivity contribution in [1.29, 1.82) is 0 Å². The second kappa shape index (κ2) is 18.8. The van der Waals surface area contributed by atoms with Gasteiger partial charge >= 0.3 is 0 Å². The van der Waals surface area contributed by atoms with Gasteiger partial charge in [0.2, 0.25) is 0 Å². The van der Waals surface area contributed by atoms with Gasteiger partial charge in [0.25, 0.3) is 0 Å². The molecule has 0 bridgehead atoms. The van der Waals surface area contributed by atoms with Gasteiger partial charge in [-0.3, -0.25) is 0 Å². The summed E-state index contributed by atoms with van der Waals surface area (Å²) in [6.45, 7) is 3.64. The monoisotopic (exact) mass is 436 g/mol. The van der Waals surface area contributed by atoms with Gasteiger partial charge in [-0.05, 0) is 56.7 Å². The first-order valence-electron chi connectivity index (χ1n) is 10.6. The number of hydrogen-bond acceptors (Lipinski definition) is 4. The maximum absolute atomic E-state index is 9.61. The molecule has 4 heteroatoms. The summed E-state index contributed by atoms with van der Waals surface area (Å²) in [5, 5.41) is 24.6. The Labute approximate surface area is 194 Å². The maximum atomic E-state index is 9.61. The molecule has 3 aromatic carbocycles. The Balaban J connectivity index is 0.000000452. The van der Waals surface area contributed by atoms with E-state index in [0.717, 1.165) is 30.6 Å². The van der Waals surface area contributed by atoms with Crippen LogP contribution in [0.25, 0.3) is 6.08 Å². The van der Waals surface area contributed by atoms with Gasteiger partial charge < -0.3 is 20.8 Å². The quantitative estimate of drug-likeness (QED) is 0.390. The van der Waals surface area contributed by atoms with E-state index in [1.807, 2.05) is 87.7 Å². The first-order chi connectivity index (χ1) is 15.1. The van der Waals surface area contributed by atoms with Crippen molar-refractivity contribution in [2.24, 2.45) is 0 Å². The smallest absolute Gasteiger partial charge is 0.118 e. The number of phenolic OH excluding ortho intramolecular Hbond substituents is 1.